The number of hydrogen-bond donors (Lipinski definition) is 2. The number of aliphatic hydroxyl groups is 1. The molecule has 0 radical (unpaired) electrons. The van der Waals surface area contributed by atoms with Gasteiger partial charge in [0, 0.05) is 6.54 Å². The molecular formula is C13H19NO3. The number of carbonyl (C=O) groups excluding carboxylic acids is 1. The Morgan fingerprint density at radius 3 is 2.65 bits per heavy atom. The van der Waals surface area contributed by atoms with Crippen LogP contribution in [0.2, 0.25) is 0 Å². The van der Waals surface area contributed by atoms with Crippen molar-refractivity contribution in [2.75, 3.05) is 13.2 Å². The summed E-state index contributed by atoms with van der Waals surface area (Å²) in [6.45, 7) is 2.81. The molecule has 0 aliphatic heterocycles. The molecule has 0 bridgehead atoms. The smallest absolute Gasteiger partial charge is 0.257 e. The van der Waals surface area contributed by atoms with E-state index in [4.69, 9.17) is 9.84 Å². The monoisotopic (exact) mass is 237 g/mol. The fraction of sp³-hybridized carbons (Fsp3) is 0.462. The summed E-state index contributed by atoms with van der Waals surface area (Å²) in [4.78, 5) is 11.3. The van der Waals surface area contributed by atoms with Crippen molar-refractivity contribution in [3.8, 4) is 5.75 Å². The second-order valence-electron chi connectivity index (χ2n) is 3.79. The van der Waals surface area contributed by atoms with E-state index in [1.54, 1.807) is 24.3 Å². The summed E-state index contributed by atoms with van der Waals surface area (Å²) in [5.41, 5.74) is 0.824. The van der Waals surface area contributed by atoms with Crippen LogP contribution in [-0.4, -0.2) is 24.2 Å². The molecule has 0 saturated heterocycles. The van der Waals surface area contributed by atoms with E-state index in [9.17, 15) is 4.79 Å². The third-order valence-electron chi connectivity index (χ3n) is 2.33. The number of nitrogens with one attached hydrogen (secondary N) is 1. The topological polar surface area (TPSA) is 58.6 Å². The molecule has 0 atom stereocenters. The molecule has 0 spiro atoms. The third kappa shape index (κ3) is 5.36. The van der Waals surface area contributed by atoms with Crippen LogP contribution < -0.4 is 10.1 Å². The minimum absolute atomic E-state index is 0.0117. The van der Waals surface area contributed by atoms with Gasteiger partial charge in [-0.05, 0) is 24.1 Å². The van der Waals surface area contributed by atoms with Crippen LogP contribution in [0, 0.1) is 0 Å². The van der Waals surface area contributed by atoms with Crippen LogP contribution in [0.15, 0.2) is 24.3 Å². The largest absolute Gasteiger partial charge is 0.484 e. The number of aliphatic hydroxyl groups excluding tert-OH is 1. The van der Waals surface area contributed by atoms with Gasteiger partial charge in [0.1, 0.15) is 5.75 Å². The highest BCUT2D eigenvalue weighted by atomic mass is 16.5. The van der Waals surface area contributed by atoms with Crippen LogP contribution in [0.5, 0.6) is 5.75 Å². The lowest BCUT2D eigenvalue weighted by Gasteiger charge is -2.07. The predicted octanol–water partition coefficient (Wildman–Crippen LogP) is 1.47. The van der Waals surface area contributed by atoms with Crippen molar-refractivity contribution in [1.82, 2.24) is 5.32 Å². The molecule has 4 heteroatoms. The van der Waals surface area contributed by atoms with Gasteiger partial charge in [-0.25, -0.2) is 0 Å². The van der Waals surface area contributed by atoms with Gasteiger partial charge in [0.25, 0.3) is 5.91 Å². The average Bonchev–Trinajstić information content (AvgIpc) is 2.37. The molecule has 0 aliphatic carbocycles. The second-order valence-corrected chi connectivity index (χ2v) is 3.79. The van der Waals surface area contributed by atoms with Gasteiger partial charge in [-0.15, -0.1) is 0 Å². The normalized spacial score (nSPS) is 10.0. The van der Waals surface area contributed by atoms with Gasteiger partial charge in [0.05, 0.1) is 6.61 Å². The molecule has 1 amide bonds. The van der Waals surface area contributed by atoms with Crippen molar-refractivity contribution in [3.63, 3.8) is 0 Å². The van der Waals surface area contributed by atoms with Gasteiger partial charge >= 0.3 is 0 Å². The first kappa shape index (κ1) is 13.5. The Bertz CT molecular complexity index is 335. The molecule has 0 unspecified atom stereocenters. The second kappa shape index (κ2) is 7.68. The number of amides is 1. The van der Waals surface area contributed by atoms with Gasteiger partial charge in [0.2, 0.25) is 0 Å². The molecule has 0 heterocycles. The van der Waals surface area contributed by atoms with E-state index < -0.39 is 0 Å². The van der Waals surface area contributed by atoms with Crippen molar-refractivity contribution >= 4 is 5.91 Å². The zero-order valence-corrected chi connectivity index (χ0v) is 10.1. The highest BCUT2D eigenvalue weighted by Gasteiger charge is 2.01. The Morgan fingerprint density at radius 2 is 2.06 bits per heavy atom. The lowest BCUT2D eigenvalue weighted by atomic mass is 10.2. The fourth-order valence-electron chi connectivity index (χ4n) is 1.30. The van der Waals surface area contributed by atoms with Crippen molar-refractivity contribution in [2.24, 2.45) is 0 Å². The van der Waals surface area contributed by atoms with E-state index in [0.717, 1.165) is 18.4 Å². The third-order valence-corrected chi connectivity index (χ3v) is 2.33. The minimum atomic E-state index is -0.107. The molecule has 1 aromatic rings. The molecule has 1 aromatic carbocycles. The van der Waals surface area contributed by atoms with Crippen molar-refractivity contribution in [3.05, 3.63) is 29.8 Å². The summed E-state index contributed by atoms with van der Waals surface area (Å²) in [6.07, 6.45) is 2.04. The van der Waals surface area contributed by atoms with E-state index in [2.05, 4.69) is 12.2 Å². The minimum Gasteiger partial charge on any atom is -0.484 e. The van der Waals surface area contributed by atoms with E-state index in [-0.39, 0.29) is 19.1 Å². The van der Waals surface area contributed by atoms with Crippen LogP contribution in [0.4, 0.5) is 0 Å². The first-order valence-corrected chi connectivity index (χ1v) is 5.85. The van der Waals surface area contributed by atoms with Gasteiger partial charge in [-0.1, -0.05) is 25.5 Å². The Kier molecular flexibility index (Phi) is 6.10. The quantitative estimate of drug-likeness (QED) is 0.706. The fourth-order valence-corrected chi connectivity index (χ4v) is 1.30. The van der Waals surface area contributed by atoms with E-state index >= 15 is 0 Å². The van der Waals surface area contributed by atoms with Gasteiger partial charge in [-0.2, -0.15) is 0 Å². The van der Waals surface area contributed by atoms with Crippen molar-refractivity contribution in [1.29, 1.82) is 0 Å². The summed E-state index contributed by atoms with van der Waals surface area (Å²) < 4.78 is 5.30. The maximum atomic E-state index is 11.3. The average molecular weight is 237 g/mol. The predicted molar refractivity (Wildman–Crippen MR) is 65.8 cm³/mol. The molecule has 0 aliphatic rings. The van der Waals surface area contributed by atoms with E-state index in [1.807, 2.05) is 0 Å². The number of rotatable bonds is 7. The maximum absolute atomic E-state index is 11.3. The van der Waals surface area contributed by atoms with E-state index in [0.29, 0.717) is 12.3 Å². The van der Waals surface area contributed by atoms with E-state index in [1.165, 1.54) is 0 Å². The summed E-state index contributed by atoms with van der Waals surface area (Å²) >= 11 is 0. The molecular weight excluding hydrogens is 218 g/mol. The first-order chi connectivity index (χ1) is 8.26. The number of ether oxygens (including phenoxy) is 1. The highest BCUT2D eigenvalue weighted by molar-refractivity contribution is 5.77. The van der Waals surface area contributed by atoms with Crippen molar-refractivity contribution in [2.45, 2.75) is 26.4 Å². The molecule has 0 saturated carbocycles. The lowest BCUT2D eigenvalue weighted by molar-refractivity contribution is -0.123. The zero-order chi connectivity index (χ0) is 12.5. The molecule has 2 N–H and O–H groups in total. The molecule has 0 aromatic heterocycles. The molecule has 94 valence electrons. The van der Waals surface area contributed by atoms with Gasteiger partial charge in [0.15, 0.2) is 6.61 Å². The highest BCUT2D eigenvalue weighted by Crippen LogP contribution is 2.11. The first-order valence-electron chi connectivity index (χ1n) is 5.85. The number of benzene rings is 1. The Hall–Kier alpha value is -1.55. The summed E-state index contributed by atoms with van der Waals surface area (Å²) in [5, 5.41) is 11.6. The standard InChI is InChI=1S/C13H19NO3/c1-2-3-8-14-13(16)10-17-12-6-4-11(9-15)5-7-12/h4-7,15H,2-3,8-10H2,1H3,(H,14,16). The lowest BCUT2D eigenvalue weighted by Crippen LogP contribution is -2.29. The van der Waals surface area contributed by atoms with Crippen LogP contribution >= 0.6 is 0 Å². The Morgan fingerprint density at radius 1 is 1.35 bits per heavy atom. The summed E-state index contributed by atoms with van der Waals surface area (Å²) in [7, 11) is 0. The van der Waals surface area contributed by atoms with Crippen LogP contribution in [0.1, 0.15) is 25.3 Å². The summed E-state index contributed by atoms with van der Waals surface area (Å²) in [6, 6.07) is 7.02. The van der Waals surface area contributed by atoms with Crippen molar-refractivity contribution < 1.29 is 14.6 Å². The summed E-state index contributed by atoms with van der Waals surface area (Å²) in [5.74, 6) is 0.525. The molecule has 0 fully saturated rings. The molecule has 17 heavy (non-hydrogen) atoms. The Labute approximate surface area is 102 Å². The van der Waals surface area contributed by atoms with Crippen LogP contribution in [-0.2, 0) is 11.4 Å². The van der Waals surface area contributed by atoms with Crippen LogP contribution in [0.3, 0.4) is 0 Å². The maximum Gasteiger partial charge on any atom is 0.257 e. The van der Waals surface area contributed by atoms with Gasteiger partial charge < -0.3 is 15.2 Å². The zero-order valence-electron chi connectivity index (χ0n) is 10.1. The molecule has 1 rings (SSSR count). The van der Waals surface area contributed by atoms with Crippen LogP contribution in [0.25, 0.3) is 0 Å². The number of hydrogen-bond acceptors (Lipinski definition) is 3. The van der Waals surface area contributed by atoms with Gasteiger partial charge in [-0.3, -0.25) is 4.79 Å². The Balaban J connectivity index is 2.27. The number of unbranched alkanes of at least 4 members (excludes halogenated alkanes) is 1. The molecule has 4 nitrogen and oxygen atoms in total. The SMILES string of the molecule is CCCCNC(=O)COc1ccc(CO)cc1. The number of carbonyl (C=O) groups is 1.